The van der Waals surface area contributed by atoms with Gasteiger partial charge in [0.2, 0.25) is 0 Å². The largest absolute Gasteiger partial charge is 0.490 e. The molecule has 0 bridgehead atoms. The number of halogens is 2. The zero-order chi connectivity index (χ0) is 14.0. The van der Waals surface area contributed by atoms with Gasteiger partial charge in [-0.05, 0) is 44.2 Å². The first-order valence-corrected chi connectivity index (χ1v) is 8.56. The Bertz CT molecular complexity index is 460. The van der Waals surface area contributed by atoms with Crippen LogP contribution in [0.1, 0.15) is 55.5 Å². The standard InChI is InChI=1S/C15H20Br2O2/c1-4-18-12-8-11(17)13-9(3)6-7-10(16)14(13)15(12)19-5-2/h8-10H,4-7H2,1-3H3. The second-order valence-electron chi connectivity index (χ2n) is 4.82. The highest BCUT2D eigenvalue weighted by Gasteiger charge is 2.30. The lowest BCUT2D eigenvalue weighted by Gasteiger charge is -2.30. The molecule has 2 atom stereocenters. The highest BCUT2D eigenvalue weighted by molar-refractivity contribution is 9.10. The van der Waals surface area contributed by atoms with Gasteiger partial charge >= 0.3 is 0 Å². The van der Waals surface area contributed by atoms with Crippen molar-refractivity contribution in [2.45, 2.75) is 44.4 Å². The van der Waals surface area contributed by atoms with Gasteiger partial charge in [0.1, 0.15) is 0 Å². The Kier molecular flexibility index (Phi) is 5.18. The lowest BCUT2D eigenvalue weighted by molar-refractivity contribution is 0.283. The Morgan fingerprint density at radius 3 is 2.47 bits per heavy atom. The van der Waals surface area contributed by atoms with Crippen LogP contribution in [0.5, 0.6) is 11.5 Å². The van der Waals surface area contributed by atoms with E-state index in [1.807, 2.05) is 13.8 Å². The van der Waals surface area contributed by atoms with Gasteiger partial charge in [-0.1, -0.05) is 38.8 Å². The predicted molar refractivity (Wildman–Crippen MR) is 85.8 cm³/mol. The van der Waals surface area contributed by atoms with Gasteiger partial charge in [-0.2, -0.15) is 0 Å². The van der Waals surface area contributed by atoms with Crippen molar-refractivity contribution in [2.24, 2.45) is 0 Å². The van der Waals surface area contributed by atoms with Crippen molar-refractivity contribution in [1.82, 2.24) is 0 Å². The van der Waals surface area contributed by atoms with Crippen molar-refractivity contribution in [1.29, 1.82) is 0 Å². The molecule has 0 radical (unpaired) electrons. The topological polar surface area (TPSA) is 18.5 Å². The zero-order valence-corrected chi connectivity index (χ0v) is 14.8. The minimum absolute atomic E-state index is 0.344. The maximum Gasteiger partial charge on any atom is 0.165 e. The summed E-state index contributed by atoms with van der Waals surface area (Å²) in [4.78, 5) is 0.344. The number of rotatable bonds is 4. The summed E-state index contributed by atoms with van der Waals surface area (Å²) in [6.45, 7) is 7.59. The van der Waals surface area contributed by atoms with Crippen LogP contribution in [-0.4, -0.2) is 13.2 Å². The van der Waals surface area contributed by atoms with E-state index in [0.717, 1.165) is 22.4 Å². The lowest BCUT2D eigenvalue weighted by atomic mass is 9.83. The average molecular weight is 392 g/mol. The number of ether oxygens (including phenoxy) is 2. The van der Waals surface area contributed by atoms with Gasteiger partial charge in [-0.25, -0.2) is 0 Å². The maximum absolute atomic E-state index is 5.89. The molecule has 0 fully saturated rings. The summed E-state index contributed by atoms with van der Waals surface area (Å²) in [5.41, 5.74) is 2.62. The Balaban J connectivity index is 2.62. The van der Waals surface area contributed by atoms with Gasteiger partial charge in [-0.15, -0.1) is 0 Å². The first-order valence-electron chi connectivity index (χ1n) is 6.86. The predicted octanol–water partition coefficient (Wildman–Crippen LogP) is 5.58. The van der Waals surface area contributed by atoms with Gasteiger partial charge < -0.3 is 9.47 Å². The summed E-state index contributed by atoms with van der Waals surface area (Å²) >= 11 is 7.50. The van der Waals surface area contributed by atoms with E-state index >= 15 is 0 Å². The minimum Gasteiger partial charge on any atom is -0.490 e. The number of hydrogen-bond donors (Lipinski definition) is 0. The molecule has 4 heteroatoms. The highest BCUT2D eigenvalue weighted by atomic mass is 79.9. The fraction of sp³-hybridized carbons (Fsp3) is 0.600. The van der Waals surface area contributed by atoms with Crippen LogP contribution in [0.2, 0.25) is 0 Å². The lowest BCUT2D eigenvalue weighted by Crippen LogP contribution is -2.13. The molecule has 1 aliphatic carbocycles. The molecule has 1 aliphatic rings. The molecule has 2 nitrogen and oxygen atoms in total. The summed E-state index contributed by atoms with van der Waals surface area (Å²) < 4.78 is 12.8. The normalized spacial score (nSPS) is 21.9. The van der Waals surface area contributed by atoms with Crippen molar-refractivity contribution in [2.75, 3.05) is 13.2 Å². The fourth-order valence-corrected chi connectivity index (χ4v) is 4.23. The van der Waals surface area contributed by atoms with Crippen molar-refractivity contribution in [3.05, 3.63) is 21.7 Å². The van der Waals surface area contributed by atoms with Crippen LogP contribution in [0, 0.1) is 0 Å². The van der Waals surface area contributed by atoms with E-state index in [1.54, 1.807) is 0 Å². The summed E-state index contributed by atoms with van der Waals surface area (Å²) in [5, 5.41) is 0. The third-order valence-electron chi connectivity index (χ3n) is 3.52. The molecular formula is C15H20Br2O2. The van der Waals surface area contributed by atoms with Crippen molar-refractivity contribution < 1.29 is 9.47 Å². The molecule has 1 aromatic rings. The van der Waals surface area contributed by atoms with E-state index < -0.39 is 0 Å². The first-order chi connectivity index (χ1) is 9.10. The summed E-state index contributed by atoms with van der Waals surface area (Å²) in [5.74, 6) is 2.30. The molecular weight excluding hydrogens is 372 g/mol. The van der Waals surface area contributed by atoms with Gasteiger partial charge in [0.25, 0.3) is 0 Å². The Morgan fingerprint density at radius 2 is 1.84 bits per heavy atom. The van der Waals surface area contributed by atoms with Gasteiger partial charge in [0, 0.05) is 14.9 Å². The summed E-state index contributed by atoms with van der Waals surface area (Å²) in [6, 6.07) is 2.05. The van der Waals surface area contributed by atoms with Gasteiger partial charge in [0.15, 0.2) is 11.5 Å². The van der Waals surface area contributed by atoms with E-state index in [2.05, 4.69) is 44.8 Å². The monoisotopic (exact) mass is 390 g/mol. The Hall–Kier alpha value is -0.220. The second kappa shape index (κ2) is 6.49. The van der Waals surface area contributed by atoms with Crippen molar-refractivity contribution >= 4 is 31.9 Å². The molecule has 2 unspecified atom stereocenters. The third-order valence-corrected chi connectivity index (χ3v) is 5.09. The zero-order valence-electron chi connectivity index (χ0n) is 11.6. The molecule has 0 N–H and O–H groups in total. The van der Waals surface area contributed by atoms with E-state index in [9.17, 15) is 0 Å². The average Bonchev–Trinajstić information content (AvgIpc) is 2.37. The molecule has 0 aromatic heterocycles. The smallest absolute Gasteiger partial charge is 0.165 e. The molecule has 0 saturated carbocycles. The Labute approximate surface area is 132 Å². The SMILES string of the molecule is CCOc1cc(Br)c2c(c1OCC)C(Br)CCC2C. The molecule has 0 aliphatic heterocycles. The molecule has 0 heterocycles. The third kappa shape index (κ3) is 2.94. The van der Waals surface area contributed by atoms with Crippen molar-refractivity contribution in [3.63, 3.8) is 0 Å². The quantitative estimate of drug-likeness (QED) is 0.623. The van der Waals surface area contributed by atoms with Crippen LogP contribution < -0.4 is 9.47 Å². The van der Waals surface area contributed by atoms with Crippen molar-refractivity contribution in [3.8, 4) is 11.5 Å². The highest BCUT2D eigenvalue weighted by Crippen LogP contribution is 2.52. The summed E-state index contributed by atoms with van der Waals surface area (Å²) in [6.07, 6.45) is 2.33. The van der Waals surface area contributed by atoms with Gasteiger partial charge in [-0.3, -0.25) is 0 Å². The minimum atomic E-state index is 0.344. The number of fused-ring (bicyclic) bond motifs is 1. The van der Waals surface area contributed by atoms with Crippen LogP contribution in [0.25, 0.3) is 0 Å². The first kappa shape index (κ1) is 15.2. The second-order valence-corrected chi connectivity index (χ2v) is 6.78. The van der Waals surface area contributed by atoms with E-state index in [1.165, 1.54) is 17.5 Å². The molecule has 0 saturated heterocycles. The van der Waals surface area contributed by atoms with E-state index in [4.69, 9.17) is 9.47 Å². The van der Waals surface area contributed by atoms with Crippen LogP contribution in [0.15, 0.2) is 10.5 Å². The molecule has 0 spiro atoms. The molecule has 19 heavy (non-hydrogen) atoms. The molecule has 1 aromatic carbocycles. The Morgan fingerprint density at radius 1 is 1.16 bits per heavy atom. The van der Waals surface area contributed by atoms with Crippen LogP contribution in [0.4, 0.5) is 0 Å². The molecule has 0 amide bonds. The molecule has 2 rings (SSSR count). The van der Waals surface area contributed by atoms with E-state index in [-0.39, 0.29) is 0 Å². The molecule has 106 valence electrons. The van der Waals surface area contributed by atoms with Crippen LogP contribution in [0.3, 0.4) is 0 Å². The van der Waals surface area contributed by atoms with Crippen LogP contribution in [-0.2, 0) is 0 Å². The maximum atomic E-state index is 5.89. The van der Waals surface area contributed by atoms with Gasteiger partial charge in [0.05, 0.1) is 13.2 Å². The number of benzene rings is 1. The summed E-state index contributed by atoms with van der Waals surface area (Å²) in [7, 11) is 0. The number of hydrogen-bond acceptors (Lipinski definition) is 2. The van der Waals surface area contributed by atoms with Crippen LogP contribution >= 0.6 is 31.9 Å². The number of alkyl halides is 1. The van der Waals surface area contributed by atoms with E-state index in [0.29, 0.717) is 24.0 Å². The fourth-order valence-electron chi connectivity index (χ4n) is 2.69.